The first-order valence-corrected chi connectivity index (χ1v) is 12.5. The van der Waals surface area contributed by atoms with Gasteiger partial charge in [0.05, 0.1) is 12.6 Å². The number of carbonyl (C=O) groups excluding carboxylic acids is 2. The molecule has 194 valence electrons. The molecule has 2 aliphatic rings. The van der Waals surface area contributed by atoms with Crippen molar-refractivity contribution in [1.82, 2.24) is 15.1 Å². The van der Waals surface area contributed by atoms with E-state index in [1.54, 1.807) is 0 Å². The summed E-state index contributed by atoms with van der Waals surface area (Å²) in [5, 5.41) is 12.4. The predicted molar refractivity (Wildman–Crippen MR) is 141 cm³/mol. The quantitative estimate of drug-likeness (QED) is 0.403. The van der Waals surface area contributed by atoms with Crippen LogP contribution in [0.1, 0.15) is 35.6 Å². The molecule has 9 nitrogen and oxygen atoms in total. The minimum atomic E-state index is -1.07. The molecule has 2 heterocycles. The highest BCUT2D eigenvalue weighted by Crippen LogP contribution is 2.36. The number of nitrogens with one attached hydrogen (secondary N) is 1. The number of hydrogen-bond donors (Lipinski definition) is 2. The van der Waals surface area contributed by atoms with E-state index >= 15 is 0 Å². The van der Waals surface area contributed by atoms with Gasteiger partial charge in [-0.15, -0.1) is 0 Å². The summed E-state index contributed by atoms with van der Waals surface area (Å²) in [7, 11) is 0. The zero-order chi connectivity index (χ0) is 26.5. The lowest BCUT2D eigenvalue weighted by Crippen LogP contribution is -2.39. The Kier molecular flexibility index (Phi) is 7.35. The van der Waals surface area contributed by atoms with Gasteiger partial charge in [0.25, 0.3) is 0 Å². The van der Waals surface area contributed by atoms with E-state index in [2.05, 4.69) is 10.3 Å². The fraction of sp³-hybridized carbons (Fsp3) is 0.241. The van der Waals surface area contributed by atoms with Crippen LogP contribution >= 0.6 is 0 Å². The first-order chi connectivity index (χ1) is 18.5. The summed E-state index contributed by atoms with van der Waals surface area (Å²) in [4.78, 5) is 44.8. The average molecular weight is 513 g/mol. The monoisotopic (exact) mass is 512 g/mol. The van der Waals surface area contributed by atoms with Crippen LogP contribution in [0.4, 0.5) is 5.69 Å². The molecular weight excluding hydrogens is 484 g/mol. The van der Waals surface area contributed by atoms with Crippen LogP contribution in [0.2, 0.25) is 0 Å². The van der Waals surface area contributed by atoms with Crippen molar-refractivity contribution < 1.29 is 24.2 Å². The molecule has 1 fully saturated rings. The molecule has 2 aliphatic heterocycles. The summed E-state index contributed by atoms with van der Waals surface area (Å²) >= 11 is 0. The molecule has 0 radical (unpaired) electrons. The Balaban J connectivity index is 1.28. The van der Waals surface area contributed by atoms with E-state index in [9.17, 15) is 19.5 Å². The van der Waals surface area contributed by atoms with Gasteiger partial charge in [-0.1, -0.05) is 72.8 Å². The number of para-hydroxylation sites is 1. The van der Waals surface area contributed by atoms with Crippen molar-refractivity contribution in [3.63, 3.8) is 0 Å². The number of amides is 2. The molecule has 5 rings (SSSR count). The van der Waals surface area contributed by atoms with Crippen LogP contribution in [0, 0.1) is 0 Å². The Morgan fingerprint density at radius 1 is 0.974 bits per heavy atom. The maximum Gasteiger partial charge on any atom is 0.323 e. The molecule has 0 bridgehead atoms. The minimum Gasteiger partial charge on any atom is -0.491 e. The van der Waals surface area contributed by atoms with Crippen molar-refractivity contribution >= 4 is 29.4 Å². The van der Waals surface area contributed by atoms with E-state index in [0.717, 1.165) is 16.7 Å². The standard InChI is InChI=1S/C29H28N4O5/c34-24-18-32-17-22-13-7-14-23(27(22)31-29(32)30-24)38-16-8-15-25(35)33(19-26(36)37)28(20-9-3-1-4-10-20)21-11-5-2-6-12-21/h1-7,9-14,28H,8,15-19H2,(H,36,37)(H,30,31,34). The van der Waals surface area contributed by atoms with Gasteiger partial charge in [-0.05, 0) is 23.6 Å². The third-order valence-electron chi connectivity index (χ3n) is 6.51. The lowest BCUT2D eigenvalue weighted by atomic mass is 9.96. The lowest BCUT2D eigenvalue weighted by molar-refractivity contribution is -0.145. The van der Waals surface area contributed by atoms with Gasteiger partial charge in [0.15, 0.2) is 0 Å². The van der Waals surface area contributed by atoms with E-state index in [1.165, 1.54) is 4.90 Å². The van der Waals surface area contributed by atoms with Crippen LogP contribution in [0.3, 0.4) is 0 Å². The number of carbonyl (C=O) groups is 3. The third-order valence-corrected chi connectivity index (χ3v) is 6.51. The normalized spacial score (nSPS) is 13.9. The van der Waals surface area contributed by atoms with Crippen LogP contribution in [-0.2, 0) is 20.9 Å². The Hall–Kier alpha value is -4.66. The molecule has 3 aromatic carbocycles. The molecule has 1 saturated heterocycles. The second kappa shape index (κ2) is 11.2. The van der Waals surface area contributed by atoms with Gasteiger partial charge in [0.2, 0.25) is 17.8 Å². The summed E-state index contributed by atoms with van der Waals surface area (Å²) in [5.41, 5.74) is 3.31. The molecule has 0 aromatic heterocycles. The summed E-state index contributed by atoms with van der Waals surface area (Å²) in [6, 6.07) is 24.0. The summed E-state index contributed by atoms with van der Waals surface area (Å²) < 4.78 is 6.00. The lowest BCUT2D eigenvalue weighted by Gasteiger charge is -2.31. The minimum absolute atomic E-state index is 0.0900. The zero-order valence-corrected chi connectivity index (χ0v) is 20.7. The van der Waals surface area contributed by atoms with E-state index in [4.69, 9.17) is 4.74 Å². The van der Waals surface area contributed by atoms with Crippen LogP contribution in [-0.4, -0.2) is 58.3 Å². The van der Waals surface area contributed by atoms with Crippen molar-refractivity contribution in [2.75, 3.05) is 19.7 Å². The van der Waals surface area contributed by atoms with E-state index in [-0.39, 0.29) is 31.4 Å². The number of hydrogen-bond acceptors (Lipinski definition) is 6. The highest BCUT2D eigenvalue weighted by Gasteiger charge is 2.31. The SMILES string of the molecule is O=C(O)CN(C(=O)CCCOc1cccc2c1N=C1NC(=O)CN1C2)C(c1ccccc1)c1ccccc1. The number of guanidine groups is 1. The van der Waals surface area contributed by atoms with Crippen LogP contribution in [0.15, 0.2) is 83.9 Å². The second-order valence-corrected chi connectivity index (χ2v) is 9.19. The molecule has 0 aliphatic carbocycles. The van der Waals surface area contributed by atoms with E-state index in [1.807, 2.05) is 83.8 Å². The molecule has 2 N–H and O–H groups in total. The molecule has 2 amide bonds. The number of benzene rings is 3. The fourth-order valence-electron chi connectivity index (χ4n) is 4.81. The maximum absolute atomic E-state index is 13.4. The van der Waals surface area contributed by atoms with Gasteiger partial charge in [0.1, 0.15) is 24.5 Å². The predicted octanol–water partition coefficient (Wildman–Crippen LogP) is 3.48. The smallest absolute Gasteiger partial charge is 0.323 e. The van der Waals surface area contributed by atoms with E-state index in [0.29, 0.717) is 30.4 Å². The van der Waals surface area contributed by atoms with Crippen LogP contribution in [0.5, 0.6) is 5.75 Å². The van der Waals surface area contributed by atoms with Crippen molar-refractivity contribution in [2.24, 2.45) is 4.99 Å². The van der Waals surface area contributed by atoms with Crippen molar-refractivity contribution in [1.29, 1.82) is 0 Å². The zero-order valence-electron chi connectivity index (χ0n) is 20.7. The number of aliphatic imine (C=N–C) groups is 1. The fourth-order valence-corrected chi connectivity index (χ4v) is 4.81. The number of aliphatic carboxylic acids is 1. The van der Waals surface area contributed by atoms with Gasteiger partial charge in [-0.3, -0.25) is 19.7 Å². The van der Waals surface area contributed by atoms with Gasteiger partial charge in [0, 0.05) is 18.5 Å². The average Bonchev–Trinajstić information content (AvgIpc) is 3.29. The molecule has 0 unspecified atom stereocenters. The topological polar surface area (TPSA) is 112 Å². The first-order valence-electron chi connectivity index (χ1n) is 12.5. The number of nitrogens with zero attached hydrogens (tertiary/aromatic N) is 3. The molecule has 0 atom stereocenters. The van der Waals surface area contributed by atoms with Gasteiger partial charge in [-0.2, -0.15) is 0 Å². The molecular formula is C29H28N4O5. The van der Waals surface area contributed by atoms with Crippen LogP contribution in [0.25, 0.3) is 0 Å². The Bertz CT molecular complexity index is 1320. The number of ether oxygens (including phenoxy) is 1. The number of carboxylic acids is 1. The number of fused-ring (bicyclic) bond motifs is 2. The van der Waals surface area contributed by atoms with Gasteiger partial charge < -0.3 is 19.6 Å². The molecule has 3 aromatic rings. The highest BCUT2D eigenvalue weighted by atomic mass is 16.5. The highest BCUT2D eigenvalue weighted by molar-refractivity contribution is 6.06. The summed E-state index contributed by atoms with van der Waals surface area (Å²) in [6.45, 7) is 0.684. The second-order valence-electron chi connectivity index (χ2n) is 9.19. The molecule has 38 heavy (non-hydrogen) atoms. The Morgan fingerprint density at radius 2 is 1.66 bits per heavy atom. The first kappa shape index (κ1) is 25.0. The van der Waals surface area contributed by atoms with Crippen molar-refractivity contribution in [3.05, 3.63) is 95.6 Å². The molecule has 0 saturated carbocycles. The molecule has 9 heteroatoms. The van der Waals surface area contributed by atoms with Crippen molar-refractivity contribution in [3.8, 4) is 5.75 Å². The van der Waals surface area contributed by atoms with E-state index < -0.39 is 18.6 Å². The number of carboxylic acid groups (broad SMARTS) is 1. The Morgan fingerprint density at radius 3 is 2.32 bits per heavy atom. The number of rotatable bonds is 10. The Labute approximate surface area is 220 Å². The summed E-state index contributed by atoms with van der Waals surface area (Å²) in [5.74, 6) is -0.335. The van der Waals surface area contributed by atoms with Crippen LogP contribution < -0.4 is 10.1 Å². The maximum atomic E-state index is 13.4. The molecule has 0 spiro atoms. The summed E-state index contributed by atoms with van der Waals surface area (Å²) in [6.07, 6.45) is 0.519. The largest absolute Gasteiger partial charge is 0.491 e. The van der Waals surface area contributed by atoms with Crippen molar-refractivity contribution in [2.45, 2.75) is 25.4 Å². The van der Waals surface area contributed by atoms with Gasteiger partial charge in [-0.25, -0.2) is 4.99 Å². The van der Waals surface area contributed by atoms with Gasteiger partial charge >= 0.3 is 5.97 Å². The third kappa shape index (κ3) is 5.51.